The van der Waals surface area contributed by atoms with Crippen LogP contribution in [0.2, 0.25) is 5.02 Å². The summed E-state index contributed by atoms with van der Waals surface area (Å²) in [6.07, 6.45) is 2.73. The highest BCUT2D eigenvalue weighted by atomic mass is 35.5. The van der Waals surface area contributed by atoms with Crippen LogP contribution in [0.4, 0.5) is 11.5 Å². The van der Waals surface area contributed by atoms with Gasteiger partial charge in [0.05, 0.1) is 11.0 Å². The zero-order valence-electron chi connectivity index (χ0n) is 19.1. The minimum Gasteiger partial charge on any atom is -0.354 e. The zero-order valence-corrected chi connectivity index (χ0v) is 19.9. The van der Waals surface area contributed by atoms with E-state index in [4.69, 9.17) is 16.6 Å². The van der Waals surface area contributed by atoms with Crippen molar-refractivity contribution in [3.8, 4) is 0 Å². The highest BCUT2D eigenvalue weighted by Gasteiger charge is 2.18. The largest absolute Gasteiger partial charge is 0.354 e. The minimum absolute atomic E-state index is 0.169. The van der Waals surface area contributed by atoms with Gasteiger partial charge in [-0.15, -0.1) is 0 Å². The summed E-state index contributed by atoms with van der Waals surface area (Å²) in [7, 11) is 2.05. The van der Waals surface area contributed by atoms with Crippen LogP contribution in [0, 0.1) is 0 Å². The van der Waals surface area contributed by atoms with E-state index in [1.165, 1.54) is 0 Å². The van der Waals surface area contributed by atoms with E-state index < -0.39 is 0 Å². The topological polar surface area (TPSA) is 66.3 Å². The fourth-order valence-corrected chi connectivity index (χ4v) is 4.48. The van der Waals surface area contributed by atoms with Gasteiger partial charge in [0.2, 0.25) is 0 Å². The third-order valence-electron chi connectivity index (χ3n) is 6.33. The lowest BCUT2D eigenvalue weighted by Crippen LogP contribution is -2.47. The number of hydrogen-bond acceptors (Lipinski definition) is 5. The Kier molecular flexibility index (Phi) is 6.47. The van der Waals surface area contributed by atoms with E-state index >= 15 is 0 Å². The molecule has 0 unspecified atom stereocenters. The molecule has 1 N–H and O–H groups in total. The SMILES string of the molecule is Cn1c(CCN2CCN(c3ccccn3)CC2)nc2cc(NC(=O)c3ccc(Cl)cc3)ccc21. The maximum Gasteiger partial charge on any atom is 0.255 e. The van der Waals surface area contributed by atoms with Gasteiger partial charge < -0.3 is 14.8 Å². The van der Waals surface area contributed by atoms with Gasteiger partial charge in [0, 0.05) is 68.7 Å². The summed E-state index contributed by atoms with van der Waals surface area (Å²) in [5, 5.41) is 3.56. The van der Waals surface area contributed by atoms with Crippen LogP contribution in [-0.4, -0.2) is 58.1 Å². The molecule has 0 radical (unpaired) electrons. The van der Waals surface area contributed by atoms with Crippen LogP contribution in [0.1, 0.15) is 16.2 Å². The molecule has 4 aromatic rings. The number of imidazole rings is 1. The van der Waals surface area contributed by atoms with Gasteiger partial charge in [0.15, 0.2) is 0 Å². The number of halogens is 1. The van der Waals surface area contributed by atoms with Gasteiger partial charge in [-0.3, -0.25) is 9.69 Å². The van der Waals surface area contributed by atoms with E-state index in [-0.39, 0.29) is 5.91 Å². The number of nitrogens with one attached hydrogen (secondary N) is 1. The number of aryl methyl sites for hydroxylation is 1. The molecule has 0 atom stereocenters. The van der Waals surface area contributed by atoms with Crippen molar-refractivity contribution in [2.75, 3.05) is 42.9 Å². The number of benzene rings is 2. The highest BCUT2D eigenvalue weighted by Crippen LogP contribution is 2.21. The second-order valence-corrected chi connectivity index (χ2v) is 8.95. The van der Waals surface area contributed by atoms with E-state index in [0.29, 0.717) is 10.6 Å². The van der Waals surface area contributed by atoms with Crippen molar-refractivity contribution in [3.63, 3.8) is 0 Å². The number of nitrogens with zero attached hydrogens (tertiary/aromatic N) is 5. The molecule has 1 fully saturated rings. The van der Waals surface area contributed by atoms with Crippen molar-refractivity contribution >= 4 is 40.0 Å². The fourth-order valence-electron chi connectivity index (χ4n) is 4.36. The van der Waals surface area contributed by atoms with Crippen LogP contribution in [0.25, 0.3) is 11.0 Å². The molecule has 1 amide bonds. The molecule has 5 rings (SSSR count). The normalized spacial score (nSPS) is 14.5. The van der Waals surface area contributed by atoms with Gasteiger partial charge >= 0.3 is 0 Å². The molecule has 0 aliphatic carbocycles. The monoisotopic (exact) mass is 474 g/mol. The van der Waals surface area contributed by atoms with Crippen LogP contribution in [0.15, 0.2) is 66.9 Å². The number of piperazine rings is 1. The summed E-state index contributed by atoms with van der Waals surface area (Å²) in [6, 6.07) is 18.8. The Labute approximate surface area is 204 Å². The van der Waals surface area contributed by atoms with Crippen molar-refractivity contribution < 1.29 is 4.79 Å². The summed E-state index contributed by atoms with van der Waals surface area (Å²) < 4.78 is 2.14. The van der Waals surface area contributed by atoms with Crippen LogP contribution in [0.5, 0.6) is 0 Å². The summed E-state index contributed by atoms with van der Waals surface area (Å²) in [6.45, 7) is 4.96. The maximum atomic E-state index is 12.5. The first-order valence-electron chi connectivity index (χ1n) is 11.5. The number of pyridine rings is 1. The van der Waals surface area contributed by atoms with Crippen molar-refractivity contribution in [2.24, 2.45) is 7.05 Å². The first-order valence-corrected chi connectivity index (χ1v) is 11.9. The lowest BCUT2D eigenvalue weighted by Gasteiger charge is -2.35. The van der Waals surface area contributed by atoms with Crippen LogP contribution in [0.3, 0.4) is 0 Å². The predicted molar refractivity (Wildman–Crippen MR) is 137 cm³/mol. The number of carbonyl (C=O) groups excluding carboxylic acids is 1. The molecule has 34 heavy (non-hydrogen) atoms. The third kappa shape index (κ3) is 4.90. The summed E-state index contributed by atoms with van der Waals surface area (Å²) >= 11 is 5.92. The van der Waals surface area contributed by atoms with Gasteiger partial charge in [0.1, 0.15) is 11.6 Å². The molecule has 3 heterocycles. The lowest BCUT2D eigenvalue weighted by molar-refractivity contribution is 0.102. The van der Waals surface area contributed by atoms with E-state index in [0.717, 1.165) is 67.5 Å². The molecule has 1 aliphatic heterocycles. The van der Waals surface area contributed by atoms with Gasteiger partial charge in [0.25, 0.3) is 5.91 Å². The Morgan fingerprint density at radius 2 is 1.82 bits per heavy atom. The van der Waals surface area contributed by atoms with Crippen LogP contribution >= 0.6 is 11.6 Å². The molecule has 1 aliphatic rings. The standard InChI is InChI=1S/C26H27ClN6O/c1-31-23-10-9-21(29-26(34)19-5-7-20(27)8-6-19)18-22(23)30-25(31)11-13-32-14-16-33(17-15-32)24-4-2-3-12-28-24/h2-10,12,18H,11,13-17H2,1H3,(H,29,34). The number of rotatable bonds is 6. The number of hydrogen-bond donors (Lipinski definition) is 1. The Bertz CT molecular complexity index is 1280. The number of anilines is 2. The fraction of sp³-hybridized carbons (Fsp3) is 0.269. The van der Waals surface area contributed by atoms with Crippen LogP contribution in [-0.2, 0) is 13.5 Å². The zero-order chi connectivity index (χ0) is 23.5. The van der Waals surface area contributed by atoms with Gasteiger partial charge in [-0.1, -0.05) is 17.7 Å². The number of fused-ring (bicyclic) bond motifs is 1. The van der Waals surface area contributed by atoms with E-state index in [1.54, 1.807) is 24.3 Å². The highest BCUT2D eigenvalue weighted by molar-refractivity contribution is 6.30. The Morgan fingerprint density at radius 3 is 2.56 bits per heavy atom. The van der Waals surface area contributed by atoms with Gasteiger partial charge in [-0.25, -0.2) is 9.97 Å². The van der Waals surface area contributed by atoms with Crippen molar-refractivity contribution in [2.45, 2.75) is 6.42 Å². The summed E-state index contributed by atoms with van der Waals surface area (Å²) in [5.74, 6) is 1.93. The molecule has 2 aromatic heterocycles. The average molecular weight is 475 g/mol. The Morgan fingerprint density at radius 1 is 1.03 bits per heavy atom. The van der Waals surface area contributed by atoms with Crippen molar-refractivity contribution in [1.82, 2.24) is 19.4 Å². The first-order chi connectivity index (χ1) is 16.6. The molecule has 0 spiro atoms. The second-order valence-electron chi connectivity index (χ2n) is 8.52. The predicted octanol–water partition coefficient (Wildman–Crippen LogP) is 4.24. The van der Waals surface area contributed by atoms with E-state index in [9.17, 15) is 4.79 Å². The van der Waals surface area contributed by atoms with E-state index in [2.05, 4.69) is 37.8 Å². The quantitative estimate of drug-likeness (QED) is 0.453. The number of amides is 1. The lowest BCUT2D eigenvalue weighted by atomic mass is 10.2. The average Bonchev–Trinajstić information content (AvgIpc) is 3.18. The third-order valence-corrected chi connectivity index (χ3v) is 6.59. The molecular formula is C26H27ClN6O. The Balaban J connectivity index is 1.20. The minimum atomic E-state index is -0.169. The molecule has 0 saturated carbocycles. The molecule has 1 saturated heterocycles. The first kappa shape index (κ1) is 22.4. The van der Waals surface area contributed by atoms with Gasteiger partial charge in [-0.05, 0) is 54.6 Å². The Hall–Kier alpha value is -3.42. The molecule has 2 aromatic carbocycles. The molecular weight excluding hydrogens is 448 g/mol. The van der Waals surface area contributed by atoms with Crippen molar-refractivity contribution in [3.05, 3.63) is 83.3 Å². The molecule has 7 nitrogen and oxygen atoms in total. The smallest absolute Gasteiger partial charge is 0.255 e. The number of carbonyl (C=O) groups is 1. The maximum absolute atomic E-state index is 12.5. The molecule has 8 heteroatoms. The second kappa shape index (κ2) is 9.83. The molecule has 174 valence electrons. The van der Waals surface area contributed by atoms with Gasteiger partial charge in [-0.2, -0.15) is 0 Å². The molecule has 0 bridgehead atoms. The van der Waals surface area contributed by atoms with E-state index in [1.807, 2.05) is 36.5 Å². The van der Waals surface area contributed by atoms with Crippen LogP contribution < -0.4 is 10.2 Å². The van der Waals surface area contributed by atoms with Crippen molar-refractivity contribution in [1.29, 1.82) is 0 Å². The summed E-state index contributed by atoms with van der Waals surface area (Å²) in [4.78, 5) is 26.7. The summed E-state index contributed by atoms with van der Waals surface area (Å²) in [5.41, 5.74) is 3.22. The number of aromatic nitrogens is 3.